The molecule has 3 aliphatic heterocycles. The number of rotatable bonds is 3. The van der Waals surface area contributed by atoms with Gasteiger partial charge in [0.1, 0.15) is 6.04 Å². The van der Waals surface area contributed by atoms with Gasteiger partial charge in [-0.2, -0.15) is 0 Å². The van der Waals surface area contributed by atoms with Crippen molar-refractivity contribution in [2.45, 2.75) is 25.0 Å². The Morgan fingerprint density at radius 1 is 1.20 bits per heavy atom. The fourth-order valence-electron chi connectivity index (χ4n) is 4.18. The summed E-state index contributed by atoms with van der Waals surface area (Å²) in [6.45, 7) is 6.23. The fourth-order valence-corrected chi connectivity index (χ4v) is 4.39. The van der Waals surface area contributed by atoms with Crippen LogP contribution in [0.3, 0.4) is 0 Å². The van der Waals surface area contributed by atoms with Crippen LogP contribution < -0.4 is 16.2 Å². The van der Waals surface area contributed by atoms with E-state index >= 15 is 0 Å². The summed E-state index contributed by atoms with van der Waals surface area (Å²) < 4.78 is 0. The Morgan fingerprint density at radius 2 is 2.04 bits per heavy atom. The third kappa shape index (κ3) is 3.83. The van der Waals surface area contributed by atoms with Crippen LogP contribution in [0.1, 0.15) is 12.0 Å². The third-order valence-electron chi connectivity index (χ3n) is 5.63. The normalized spacial score (nSPS) is 30.3. The first-order chi connectivity index (χ1) is 12.2. The zero-order chi connectivity index (χ0) is 17.2. The van der Waals surface area contributed by atoms with Crippen molar-refractivity contribution in [2.75, 3.05) is 39.3 Å². The average Bonchev–Trinajstić information content (AvgIpc) is 3.06. The van der Waals surface area contributed by atoms with E-state index in [9.17, 15) is 4.79 Å². The van der Waals surface area contributed by atoms with Gasteiger partial charge in [0.25, 0.3) is 0 Å². The van der Waals surface area contributed by atoms with E-state index in [-0.39, 0.29) is 11.9 Å². The molecule has 0 aliphatic carbocycles. The molecule has 3 saturated heterocycles. The fraction of sp³-hybridized carbons (Fsp3) is 0.611. The van der Waals surface area contributed by atoms with Gasteiger partial charge in [0.2, 0.25) is 5.91 Å². The van der Waals surface area contributed by atoms with Crippen LogP contribution >= 0.6 is 11.6 Å². The highest BCUT2D eigenvalue weighted by atomic mass is 35.5. The molecule has 6 nitrogen and oxygen atoms in total. The number of halogens is 1. The molecule has 25 heavy (non-hydrogen) atoms. The van der Waals surface area contributed by atoms with Gasteiger partial charge in [0.05, 0.1) is 0 Å². The number of piperazine rings is 1. The first-order valence-corrected chi connectivity index (χ1v) is 9.56. The van der Waals surface area contributed by atoms with Crippen molar-refractivity contribution in [1.29, 1.82) is 0 Å². The van der Waals surface area contributed by atoms with Gasteiger partial charge in [0.15, 0.2) is 0 Å². The van der Waals surface area contributed by atoms with Crippen molar-refractivity contribution in [3.63, 3.8) is 0 Å². The van der Waals surface area contributed by atoms with Gasteiger partial charge in [0, 0.05) is 56.3 Å². The summed E-state index contributed by atoms with van der Waals surface area (Å²) >= 11 is 6.07. The van der Waals surface area contributed by atoms with E-state index in [4.69, 9.17) is 11.6 Å². The summed E-state index contributed by atoms with van der Waals surface area (Å²) in [6.07, 6.45) is 1.08. The first kappa shape index (κ1) is 17.2. The lowest BCUT2D eigenvalue weighted by Gasteiger charge is -2.37. The van der Waals surface area contributed by atoms with Crippen LogP contribution in [0.5, 0.6) is 0 Å². The number of nitrogens with one attached hydrogen (secondary N) is 3. The van der Waals surface area contributed by atoms with E-state index in [1.54, 1.807) is 0 Å². The second-order valence-electron chi connectivity index (χ2n) is 7.26. The number of carbonyl (C=O) groups excluding carboxylic acids is 1. The Kier molecular flexibility index (Phi) is 5.24. The maximum absolute atomic E-state index is 12.9. The summed E-state index contributed by atoms with van der Waals surface area (Å²) in [5.41, 5.74) is 7.79. The zero-order valence-electron chi connectivity index (χ0n) is 14.4. The van der Waals surface area contributed by atoms with Crippen LogP contribution in [0.15, 0.2) is 24.3 Å². The number of hydrazine groups is 1. The van der Waals surface area contributed by atoms with Crippen LogP contribution in [0.2, 0.25) is 5.02 Å². The number of hydrogen-bond donors (Lipinski definition) is 3. The van der Waals surface area contributed by atoms with Crippen molar-refractivity contribution in [1.82, 2.24) is 26.0 Å². The topological polar surface area (TPSA) is 59.6 Å². The molecule has 136 valence electrons. The molecular formula is C18H26ClN5O. The quantitative estimate of drug-likeness (QED) is 0.727. The van der Waals surface area contributed by atoms with Gasteiger partial charge in [-0.25, -0.2) is 5.43 Å². The highest BCUT2D eigenvalue weighted by molar-refractivity contribution is 6.30. The molecule has 3 atom stereocenters. The van der Waals surface area contributed by atoms with Gasteiger partial charge >= 0.3 is 0 Å². The summed E-state index contributed by atoms with van der Waals surface area (Å²) in [6, 6.07) is 8.33. The Morgan fingerprint density at radius 3 is 2.84 bits per heavy atom. The lowest BCUT2D eigenvalue weighted by atomic mass is 9.89. The summed E-state index contributed by atoms with van der Waals surface area (Å²) in [5, 5.41) is 4.19. The largest absolute Gasteiger partial charge is 0.339 e. The van der Waals surface area contributed by atoms with Crippen molar-refractivity contribution in [3.05, 3.63) is 34.9 Å². The maximum Gasteiger partial charge on any atom is 0.241 e. The molecule has 3 N–H and O–H groups in total. The van der Waals surface area contributed by atoms with Crippen molar-refractivity contribution in [3.8, 4) is 0 Å². The van der Waals surface area contributed by atoms with Gasteiger partial charge in [-0.1, -0.05) is 23.7 Å². The molecule has 3 unspecified atom stereocenters. The Bertz CT molecular complexity index is 619. The summed E-state index contributed by atoms with van der Waals surface area (Å²) in [4.78, 5) is 17.3. The molecule has 1 aromatic rings. The Hall–Kier alpha value is -1.18. The van der Waals surface area contributed by atoms with Gasteiger partial charge in [-0.3, -0.25) is 15.1 Å². The van der Waals surface area contributed by atoms with E-state index in [0.717, 1.165) is 57.3 Å². The van der Waals surface area contributed by atoms with E-state index in [1.807, 2.05) is 23.1 Å². The third-order valence-corrected chi connectivity index (χ3v) is 5.86. The standard InChI is InChI=1S/C18H26ClN5O/c19-14-3-1-2-13(10-14)12-23-6-8-24(9-7-23)18(25)17-15-11-20-5-4-16(15)21-22-17/h1-3,10,15-17,20-22H,4-9,11-12H2. The van der Waals surface area contributed by atoms with E-state index in [0.29, 0.717) is 12.0 Å². The van der Waals surface area contributed by atoms with Crippen LogP contribution in [-0.2, 0) is 11.3 Å². The van der Waals surface area contributed by atoms with Gasteiger partial charge in [-0.15, -0.1) is 0 Å². The lowest BCUT2D eigenvalue weighted by molar-refractivity contribution is -0.136. The van der Waals surface area contributed by atoms with E-state index in [1.165, 1.54) is 5.56 Å². The van der Waals surface area contributed by atoms with Crippen molar-refractivity contribution >= 4 is 17.5 Å². The average molecular weight is 364 g/mol. The molecule has 0 aromatic heterocycles. The molecule has 3 fully saturated rings. The van der Waals surface area contributed by atoms with E-state index in [2.05, 4.69) is 27.1 Å². The molecule has 7 heteroatoms. The molecule has 3 aliphatic rings. The lowest BCUT2D eigenvalue weighted by Crippen LogP contribution is -2.55. The molecule has 3 heterocycles. The number of benzene rings is 1. The minimum Gasteiger partial charge on any atom is -0.339 e. The number of piperidine rings is 1. The van der Waals surface area contributed by atoms with Crippen LogP contribution in [0, 0.1) is 5.92 Å². The monoisotopic (exact) mass is 363 g/mol. The predicted molar refractivity (Wildman–Crippen MR) is 98.1 cm³/mol. The number of amides is 1. The van der Waals surface area contributed by atoms with Crippen molar-refractivity contribution in [2.24, 2.45) is 5.92 Å². The number of carbonyl (C=O) groups is 1. The SMILES string of the molecule is O=C(C1NNC2CCNCC21)N1CCN(Cc2cccc(Cl)c2)CC1. The number of hydrogen-bond acceptors (Lipinski definition) is 5. The number of nitrogens with zero attached hydrogens (tertiary/aromatic N) is 2. The zero-order valence-corrected chi connectivity index (χ0v) is 15.1. The minimum absolute atomic E-state index is 0.0997. The molecule has 0 saturated carbocycles. The van der Waals surface area contributed by atoms with Gasteiger partial charge < -0.3 is 10.2 Å². The smallest absolute Gasteiger partial charge is 0.241 e. The first-order valence-electron chi connectivity index (χ1n) is 9.18. The molecule has 1 amide bonds. The maximum atomic E-state index is 12.9. The Labute approximate surface area is 153 Å². The molecule has 0 bridgehead atoms. The Balaban J connectivity index is 1.30. The number of fused-ring (bicyclic) bond motifs is 1. The van der Waals surface area contributed by atoms with Crippen LogP contribution in [0.25, 0.3) is 0 Å². The molecule has 1 aromatic carbocycles. The molecule has 4 rings (SSSR count). The molecule has 0 spiro atoms. The molecule has 0 radical (unpaired) electrons. The van der Waals surface area contributed by atoms with E-state index < -0.39 is 0 Å². The minimum atomic E-state index is -0.0997. The second-order valence-corrected chi connectivity index (χ2v) is 7.70. The molecular weight excluding hydrogens is 338 g/mol. The summed E-state index contributed by atoms with van der Waals surface area (Å²) in [5.74, 6) is 0.594. The van der Waals surface area contributed by atoms with Gasteiger partial charge in [-0.05, 0) is 30.7 Å². The van der Waals surface area contributed by atoms with Crippen LogP contribution in [0.4, 0.5) is 0 Å². The van der Waals surface area contributed by atoms with Crippen LogP contribution in [-0.4, -0.2) is 67.1 Å². The highest BCUT2D eigenvalue weighted by Crippen LogP contribution is 2.22. The predicted octanol–water partition coefficient (Wildman–Crippen LogP) is 0.439. The highest BCUT2D eigenvalue weighted by Gasteiger charge is 2.42. The summed E-state index contributed by atoms with van der Waals surface area (Å²) in [7, 11) is 0. The second kappa shape index (κ2) is 7.60. The van der Waals surface area contributed by atoms with Crippen molar-refractivity contribution < 1.29 is 4.79 Å².